The number of fused-ring (bicyclic) bond motifs is 1. The van der Waals surface area contributed by atoms with Crippen LogP contribution in [0.15, 0.2) is 40.9 Å². The predicted octanol–water partition coefficient (Wildman–Crippen LogP) is 4.11. The maximum absolute atomic E-state index is 14.1. The Hall–Kier alpha value is -2.23. The van der Waals surface area contributed by atoms with Crippen LogP contribution in [0.25, 0.3) is 0 Å². The van der Waals surface area contributed by atoms with Crippen molar-refractivity contribution in [2.24, 2.45) is 11.8 Å². The molecule has 3 fully saturated rings. The maximum Gasteiger partial charge on any atom is 0.246 e. The Morgan fingerprint density at radius 2 is 1.74 bits per heavy atom. The number of likely N-dealkylation sites (tertiary alicyclic amines) is 1. The second-order valence-electron chi connectivity index (χ2n) is 11.4. The number of nitrogens with zero attached hydrogens (tertiary/aromatic N) is 2. The number of rotatable bonds is 11. The van der Waals surface area contributed by atoms with E-state index >= 15 is 0 Å². The standard InChI is InChI=1S/C30H41BrN4O4/c1-3-16-34(17-4-2)18-19-35-26(28(37)33-21-8-6-5-7-9-21)30-15-14-23(39-30)24(25(30)29(35)38)27(36)32-22-12-10-20(31)11-13-22/h10-15,21,23-26H,3-9,16-19H2,1-2H3,(H,32,36)(H,33,37)/t23-,24-,25-,26+,30-/m0/s1. The molecule has 1 aliphatic carbocycles. The summed E-state index contributed by atoms with van der Waals surface area (Å²) in [7, 11) is 0. The first-order valence-corrected chi connectivity index (χ1v) is 15.4. The van der Waals surface area contributed by atoms with Gasteiger partial charge >= 0.3 is 0 Å². The zero-order chi connectivity index (χ0) is 27.6. The Kier molecular flexibility index (Phi) is 8.79. The van der Waals surface area contributed by atoms with E-state index in [2.05, 4.69) is 45.3 Å². The Labute approximate surface area is 240 Å². The summed E-state index contributed by atoms with van der Waals surface area (Å²) in [6.45, 7) is 7.31. The number of carbonyl (C=O) groups excluding carboxylic acids is 3. The Morgan fingerprint density at radius 1 is 1.05 bits per heavy atom. The van der Waals surface area contributed by atoms with Gasteiger partial charge in [-0.25, -0.2) is 0 Å². The van der Waals surface area contributed by atoms with Crippen molar-refractivity contribution in [3.05, 3.63) is 40.9 Å². The molecule has 1 aromatic carbocycles. The number of halogens is 1. The molecule has 8 nitrogen and oxygen atoms in total. The van der Waals surface area contributed by atoms with Gasteiger partial charge in [0, 0.05) is 29.3 Å². The lowest BCUT2D eigenvalue weighted by molar-refractivity contribution is -0.141. The van der Waals surface area contributed by atoms with E-state index in [1.165, 1.54) is 6.42 Å². The average molecular weight is 602 g/mol. The predicted molar refractivity (Wildman–Crippen MR) is 154 cm³/mol. The molecule has 0 radical (unpaired) electrons. The van der Waals surface area contributed by atoms with Gasteiger partial charge in [-0.15, -0.1) is 0 Å². The minimum Gasteiger partial charge on any atom is -0.359 e. The first kappa shape index (κ1) is 28.3. The molecule has 5 atom stereocenters. The van der Waals surface area contributed by atoms with Gasteiger partial charge in [-0.1, -0.05) is 61.2 Å². The van der Waals surface area contributed by atoms with Crippen molar-refractivity contribution in [2.75, 3.05) is 31.5 Å². The summed E-state index contributed by atoms with van der Waals surface area (Å²) < 4.78 is 7.40. The van der Waals surface area contributed by atoms with Gasteiger partial charge < -0.3 is 25.2 Å². The van der Waals surface area contributed by atoms with Crippen LogP contribution in [0.5, 0.6) is 0 Å². The van der Waals surface area contributed by atoms with Crippen LogP contribution in [0, 0.1) is 11.8 Å². The highest BCUT2D eigenvalue weighted by Gasteiger charge is 2.72. The number of anilines is 1. The molecule has 9 heteroatoms. The zero-order valence-electron chi connectivity index (χ0n) is 23.0. The van der Waals surface area contributed by atoms with Crippen molar-refractivity contribution in [3.8, 4) is 0 Å². The number of ether oxygens (including phenoxy) is 1. The van der Waals surface area contributed by atoms with E-state index in [-0.39, 0.29) is 23.8 Å². The maximum atomic E-state index is 14.1. The van der Waals surface area contributed by atoms with Crippen LogP contribution >= 0.6 is 15.9 Å². The molecule has 5 rings (SSSR count). The third kappa shape index (κ3) is 5.55. The van der Waals surface area contributed by atoms with Crippen molar-refractivity contribution in [2.45, 2.75) is 82.6 Å². The highest BCUT2D eigenvalue weighted by atomic mass is 79.9. The van der Waals surface area contributed by atoms with Crippen LogP contribution in [-0.2, 0) is 19.1 Å². The number of benzene rings is 1. The van der Waals surface area contributed by atoms with Crippen LogP contribution in [0.3, 0.4) is 0 Å². The SMILES string of the molecule is CCCN(CCC)CCN1C(=O)[C@@H]2[C@@H](C(=O)Nc3ccc(Br)cc3)[C@@H]3C=C[C@@]2(O3)[C@H]1C(=O)NC1CCCCC1. The molecule has 1 aromatic rings. The van der Waals surface area contributed by atoms with Crippen LogP contribution in [0.1, 0.15) is 58.8 Å². The van der Waals surface area contributed by atoms with Crippen LogP contribution in [0.4, 0.5) is 5.69 Å². The first-order valence-electron chi connectivity index (χ1n) is 14.6. The van der Waals surface area contributed by atoms with E-state index in [9.17, 15) is 14.4 Å². The molecule has 2 bridgehead atoms. The fraction of sp³-hybridized carbons (Fsp3) is 0.633. The number of amides is 3. The number of nitrogens with one attached hydrogen (secondary N) is 2. The van der Waals surface area contributed by atoms with E-state index in [1.54, 1.807) is 4.90 Å². The summed E-state index contributed by atoms with van der Waals surface area (Å²) in [5.74, 6) is -1.98. The molecular weight excluding hydrogens is 560 g/mol. The van der Waals surface area contributed by atoms with E-state index in [0.717, 1.165) is 56.1 Å². The Morgan fingerprint density at radius 3 is 2.41 bits per heavy atom. The van der Waals surface area contributed by atoms with Crippen LogP contribution in [-0.4, -0.2) is 77.5 Å². The van der Waals surface area contributed by atoms with Gasteiger partial charge in [0.2, 0.25) is 17.7 Å². The van der Waals surface area contributed by atoms with Crippen LogP contribution in [0.2, 0.25) is 0 Å². The third-order valence-corrected chi connectivity index (χ3v) is 9.25. The summed E-state index contributed by atoms with van der Waals surface area (Å²) in [5.41, 5.74) is -0.463. The van der Waals surface area contributed by atoms with Gasteiger partial charge in [0.1, 0.15) is 11.6 Å². The summed E-state index contributed by atoms with van der Waals surface area (Å²) >= 11 is 3.42. The summed E-state index contributed by atoms with van der Waals surface area (Å²) in [5, 5.41) is 6.24. The number of carbonyl (C=O) groups is 3. The summed E-state index contributed by atoms with van der Waals surface area (Å²) in [4.78, 5) is 45.8. The van der Waals surface area contributed by atoms with Gasteiger partial charge in [-0.2, -0.15) is 0 Å². The highest BCUT2D eigenvalue weighted by molar-refractivity contribution is 9.10. The number of hydrogen-bond donors (Lipinski definition) is 2. The molecular formula is C30H41BrN4O4. The molecule has 212 valence electrons. The van der Waals surface area contributed by atoms with Crippen molar-refractivity contribution in [3.63, 3.8) is 0 Å². The Bertz CT molecular complexity index is 1080. The number of hydrogen-bond acceptors (Lipinski definition) is 5. The summed E-state index contributed by atoms with van der Waals surface area (Å²) in [6.07, 6.45) is 10.6. The lowest BCUT2D eigenvalue weighted by Crippen LogP contribution is -2.57. The quantitative estimate of drug-likeness (QED) is 0.373. The molecule has 39 heavy (non-hydrogen) atoms. The molecule has 1 spiro atoms. The van der Waals surface area contributed by atoms with E-state index < -0.39 is 29.6 Å². The minimum atomic E-state index is -1.12. The fourth-order valence-electron chi connectivity index (χ4n) is 7.01. The van der Waals surface area contributed by atoms with Gasteiger partial charge in [0.05, 0.1) is 17.9 Å². The van der Waals surface area contributed by atoms with Gasteiger partial charge in [0.15, 0.2) is 0 Å². The molecule has 1 saturated carbocycles. The molecule has 2 N–H and O–H groups in total. The average Bonchev–Trinajstić information content (AvgIpc) is 3.56. The van der Waals surface area contributed by atoms with Crippen LogP contribution < -0.4 is 10.6 Å². The lowest BCUT2D eigenvalue weighted by atomic mass is 9.74. The molecule has 3 aliphatic heterocycles. The van der Waals surface area contributed by atoms with Crippen molar-refractivity contribution >= 4 is 39.3 Å². The normalized spacial score (nSPS) is 29.7. The topological polar surface area (TPSA) is 91.0 Å². The first-order chi connectivity index (χ1) is 18.9. The lowest BCUT2D eigenvalue weighted by Gasteiger charge is -2.35. The molecule has 3 heterocycles. The highest BCUT2D eigenvalue weighted by Crippen LogP contribution is 2.55. The van der Waals surface area contributed by atoms with Gasteiger partial charge in [0.25, 0.3) is 0 Å². The third-order valence-electron chi connectivity index (χ3n) is 8.73. The molecule has 0 aromatic heterocycles. The second kappa shape index (κ2) is 12.1. The molecule has 3 amide bonds. The second-order valence-corrected chi connectivity index (χ2v) is 12.3. The zero-order valence-corrected chi connectivity index (χ0v) is 24.6. The van der Waals surface area contributed by atoms with Crippen molar-refractivity contribution in [1.82, 2.24) is 15.1 Å². The van der Waals surface area contributed by atoms with E-state index in [1.807, 2.05) is 36.4 Å². The van der Waals surface area contributed by atoms with E-state index in [4.69, 9.17) is 4.74 Å². The molecule has 2 saturated heterocycles. The van der Waals surface area contributed by atoms with Gasteiger partial charge in [-0.05, 0) is 63.0 Å². The summed E-state index contributed by atoms with van der Waals surface area (Å²) in [6, 6.07) is 6.70. The van der Waals surface area contributed by atoms with Crippen molar-refractivity contribution < 1.29 is 19.1 Å². The molecule has 4 aliphatic rings. The molecule has 0 unspecified atom stereocenters. The monoisotopic (exact) mass is 600 g/mol. The van der Waals surface area contributed by atoms with Gasteiger partial charge in [-0.3, -0.25) is 14.4 Å². The Balaban J connectivity index is 1.41. The largest absolute Gasteiger partial charge is 0.359 e. The van der Waals surface area contributed by atoms with Crippen molar-refractivity contribution in [1.29, 1.82) is 0 Å². The smallest absolute Gasteiger partial charge is 0.246 e. The minimum absolute atomic E-state index is 0.120. The van der Waals surface area contributed by atoms with E-state index in [0.29, 0.717) is 18.8 Å². The fourth-order valence-corrected chi connectivity index (χ4v) is 7.28.